The second kappa shape index (κ2) is 11.3. The number of amides is 2. The van der Waals surface area contributed by atoms with Crippen LogP contribution in [-0.2, 0) is 9.59 Å². The number of aliphatic hydroxyl groups is 1. The molecule has 0 radical (unpaired) electrons. The number of nitrogens with two attached hydrogens (primary N) is 1. The fourth-order valence-electron chi connectivity index (χ4n) is 4.58. The maximum absolute atomic E-state index is 12.3. The largest absolute Gasteiger partial charge is 0.497 e. The molecular weight excluding hydrogens is 446 g/mol. The predicted molar refractivity (Wildman–Crippen MR) is 134 cm³/mol. The highest BCUT2D eigenvalue weighted by Crippen LogP contribution is 2.28. The number of likely N-dealkylation sites (tertiary alicyclic amines) is 1. The lowest BCUT2D eigenvalue weighted by Gasteiger charge is -2.38. The van der Waals surface area contributed by atoms with Crippen molar-refractivity contribution in [3.63, 3.8) is 0 Å². The van der Waals surface area contributed by atoms with E-state index in [0.717, 1.165) is 22.2 Å². The van der Waals surface area contributed by atoms with Gasteiger partial charge in [-0.1, -0.05) is 18.2 Å². The predicted octanol–water partition coefficient (Wildman–Crippen LogP) is 1.68. The Morgan fingerprint density at radius 3 is 2.77 bits per heavy atom. The summed E-state index contributed by atoms with van der Waals surface area (Å²) >= 11 is 0. The molecule has 35 heavy (non-hydrogen) atoms. The highest BCUT2D eigenvalue weighted by Gasteiger charge is 2.34. The molecule has 9 heteroatoms. The molecule has 0 bridgehead atoms. The molecule has 3 aromatic rings. The maximum atomic E-state index is 12.3. The first-order valence-electron chi connectivity index (χ1n) is 11.6. The molecule has 2 aromatic carbocycles. The zero-order valence-electron chi connectivity index (χ0n) is 19.7. The zero-order chi connectivity index (χ0) is 24.8. The molecule has 5 N–H and O–H groups in total. The monoisotopic (exact) mass is 477 g/mol. The van der Waals surface area contributed by atoms with E-state index in [4.69, 9.17) is 10.5 Å². The number of fused-ring (bicyclic) bond motifs is 1. The van der Waals surface area contributed by atoms with Crippen molar-refractivity contribution in [1.82, 2.24) is 15.2 Å². The Kier molecular flexibility index (Phi) is 7.91. The first-order valence-corrected chi connectivity index (χ1v) is 11.6. The molecule has 2 unspecified atom stereocenters. The van der Waals surface area contributed by atoms with Gasteiger partial charge in [0.05, 0.1) is 31.2 Å². The van der Waals surface area contributed by atoms with Crippen molar-refractivity contribution in [2.24, 2.45) is 11.7 Å². The van der Waals surface area contributed by atoms with E-state index < -0.39 is 17.9 Å². The van der Waals surface area contributed by atoms with Crippen molar-refractivity contribution in [2.75, 3.05) is 38.6 Å². The smallest absolute Gasteiger partial charge is 0.238 e. The minimum atomic E-state index is -0.776. The number of primary amides is 1. The van der Waals surface area contributed by atoms with Crippen molar-refractivity contribution in [2.45, 2.75) is 18.6 Å². The van der Waals surface area contributed by atoms with Gasteiger partial charge in [-0.3, -0.25) is 19.5 Å². The molecule has 9 nitrogen and oxygen atoms in total. The van der Waals surface area contributed by atoms with Crippen LogP contribution in [0.15, 0.2) is 60.8 Å². The molecule has 184 valence electrons. The average molecular weight is 478 g/mol. The molecule has 3 atom stereocenters. The van der Waals surface area contributed by atoms with E-state index in [1.807, 2.05) is 53.4 Å². The SMILES string of the molecule is COc1ccc2nccc([C@@H](O)CN3CCC(NCC(=O)Nc4ccccc4)C(C(N)=O)C3)c2c1. The van der Waals surface area contributed by atoms with Crippen molar-refractivity contribution in [1.29, 1.82) is 0 Å². The van der Waals surface area contributed by atoms with Gasteiger partial charge in [0.2, 0.25) is 11.8 Å². The van der Waals surface area contributed by atoms with Gasteiger partial charge in [-0.05, 0) is 54.9 Å². The van der Waals surface area contributed by atoms with Crippen molar-refractivity contribution < 1.29 is 19.4 Å². The van der Waals surface area contributed by atoms with E-state index in [2.05, 4.69) is 15.6 Å². The number of aliphatic hydroxyl groups excluding tert-OH is 1. The zero-order valence-corrected chi connectivity index (χ0v) is 19.7. The van der Waals surface area contributed by atoms with Crippen LogP contribution in [0.2, 0.25) is 0 Å². The number of hydrogen-bond acceptors (Lipinski definition) is 7. The number of aromatic nitrogens is 1. The number of methoxy groups -OCH3 is 1. The Morgan fingerprint density at radius 2 is 2.03 bits per heavy atom. The average Bonchev–Trinajstić information content (AvgIpc) is 2.87. The minimum absolute atomic E-state index is 0.0802. The highest BCUT2D eigenvalue weighted by molar-refractivity contribution is 5.92. The van der Waals surface area contributed by atoms with E-state index >= 15 is 0 Å². The van der Waals surface area contributed by atoms with E-state index in [9.17, 15) is 14.7 Å². The summed E-state index contributed by atoms with van der Waals surface area (Å²) in [7, 11) is 1.60. The van der Waals surface area contributed by atoms with Crippen LogP contribution in [-0.4, -0.2) is 66.1 Å². The number of benzene rings is 2. The topological polar surface area (TPSA) is 130 Å². The lowest BCUT2D eigenvalue weighted by atomic mass is 9.90. The van der Waals surface area contributed by atoms with Gasteiger partial charge in [-0.2, -0.15) is 0 Å². The maximum Gasteiger partial charge on any atom is 0.238 e. The first kappa shape index (κ1) is 24.6. The standard InChI is InChI=1S/C26H31N5O4/c1-35-18-7-8-22-20(13-18)19(9-11-28-22)24(32)16-31-12-10-23(21(15-31)26(27)34)29-14-25(33)30-17-5-3-2-4-6-17/h2-9,11,13,21,23-24,29,32H,10,12,14-16H2,1H3,(H2,27,34)(H,30,33)/t21?,23?,24-/m0/s1. The van der Waals surface area contributed by atoms with Crippen LogP contribution >= 0.6 is 0 Å². The number of pyridine rings is 1. The second-order valence-electron chi connectivity index (χ2n) is 8.76. The second-order valence-corrected chi connectivity index (χ2v) is 8.76. The van der Waals surface area contributed by atoms with Gasteiger partial charge < -0.3 is 26.2 Å². The molecule has 1 fully saturated rings. The summed E-state index contributed by atoms with van der Waals surface area (Å²) in [6, 6.07) is 16.4. The molecule has 2 amide bonds. The fourth-order valence-corrected chi connectivity index (χ4v) is 4.58. The third-order valence-corrected chi connectivity index (χ3v) is 6.42. The van der Waals surface area contributed by atoms with Crippen LogP contribution < -0.4 is 21.1 Å². The van der Waals surface area contributed by atoms with Crippen LogP contribution in [0.1, 0.15) is 18.1 Å². The van der Waals surface area contributed by atoms with Crippen molar-refractivity contribution in [3.8, 4) is 5.75 Å². The number of carbonyl (C=O) groups is 2. The molecular formula is C26H31N5O4. The Hall–Kier alpha value is -3.53. The van der Waals surface area contributed by atoms with Crippen LogP contribution in [0.5, 0.6) is 5.75 Å². The molecule has 2 heterocycles. The first-order chi connectivity index (χ1) is 16.9. The summed E-state index contributed by atoms with van der Waals surface area (Å²) < 4.78 is 5.33. The quantitative estimate of drug-likeness (QED) is 0.369. The molecule has 4 rings (SSSR count). The van der Waals surface area contributed by atoms with Crippen LogP contribution in [0.25, 0.3) is 10.9 Å². The molecule has 0 saturated carbocycles. The van der Waals surface area contributed by atoms with Gasteiger partial charge >= 0.3 is 0 Å². The Morgan fingerprint density at radius 1 is 1.23 bits per heavy atom. The number of para-hydroxylation sites is 1. The Bertz CT molecular complexity index is 1170. The Labute approximate surface area is 204 Å². The Balaban J connectivity index is 1.37. The van der Waals surface area contributed by atoms with Gasteiger partial charge in [0.25, 0.3) is 0 Å². The molecule has 0 spiro atoms. The number of nitrogens with one attached hydrogen (secondary N) is 2. The third kappa shape index (κ3) is 6.13. The lowest BCUT2D eigenvalue weighted by Crippen LogP contribution is -2.55. The number of carbonyl (C=O) groups excluding carboxylic acids is 2. The third-order valence-electron chi connectivity index (χ3n) is 6.42. The fraction of sp³-hybridized carbons (Fsp3) is 0.346. The number of anilines is 1. The number of nitrogens with zero attached hydrogens (tertiary/aromatic N) is 2. The minimum Gasteiger partial charge on any atom is -0.497 e. The molecule has 1 aromatic heterocycles. The van der Waals surface area contributed by atoms with Crippen LogP contribution in [0.3, 0.4) is 0 Å². The van der Waals surface area contributed by atoms with Gasteiger partial charge in [-0.15, -0.1) is 0 Å². The van der Waals surface area contributed by atoms with E-state index in [1.54, 1.807) is 19.4 Å². The van der Waals surface area contributed by atoms with Gasteiger partial charge in [0, 0.05) is 36.4 Å². The van der Waals surface area contributed by atoms with Gasteiger partial charge in [0.15, 0.2) is 0 Å². The van der Waals surface area contributed by atoms with Crippen LogP contribution in [0.4, 0.5) is 5.69 Å². The van der Waals surface area contributed by atoms with Crippen molar-refractivity contribution >= 4 is 28.4 Å². The molecule has 1 aliphatic rings. The summed E-state index contributed by atoms with van der Waals surface area (Å²) in [6.07, 6.45) is 1.53. The van der Waals surface area contributed by atoms with Crippen molar-refractivity contribution in [3.05, 3.63) is 66.4 Å². The summed E-state index contributed by atoms with van der Waals surface area (Å²) in [5.41, 5.74) is 7.95. The van der Waals surface area contributed by atoms with Gasteiger partial charge in [-0.25, -0.2) is 0 Å². The molecule has 1 saturated heterocycles. The highest BCUT2D eigenvalue weighted by atomic mass is 16.5. The molecule has 1 aliphatic heterocycles. The summed E-state index contributed by atoms with van der Waals surface area (Å²) in [5, 5.41) is 17.9. The number of hydrogen-bond donors (Lipinski definition) is 4. The number of rotatable bonds is 9. The number of β-amino-alcohol motifs (C(OH)–C–C–N with tert-alkyl or cyclic N) is 1. The lowest BCUT2D eigenvalue weighted by molar-refractivity contribution is -0.125. The summed E-state index contributed by atoms with van der Waals surface area (Å²) in [6.45, 7) is 1.49. The number of piperidine rings is 1. The molecule has 0 aliphatic carbocycles. The normalized spacial score (nSPS) is 19.3. The van der Waals surface area contributed by atoms with E-state index in [-0.39, 0.29) is 18.5 Å². The van der Waals surface area contributed by atoms with Crippen LogP contribution in [0, 0.1) is 5.92 Å². The van der Waals surface area contributed by atoms with E-state index in [1.165, 1.54) is 0 Å². The summed E-state index contributed by atoms with van der Waals surface area (Å²) in [5.74, 6) is -0.396. The number of ether oxygens (including phenoxy) is 1. The van der Waals surface area contributed by atoms with Gasteiger partial charge in [0.1, 0.15) is 5.75 Å². The summed E-state index contributed by atoms with van der Waals surface area (Å²) in [4.78, 5) is 30.9. The van der Waals surface area contributed by atoms with E-state index in [0.29, 0.717) is 31.8 Å².